The molecule has 0 spiro atoms. The van der Waals surface area contributed by atoms with Gasteiger partial charge in [0.05, 0.1) is 5.69 Å². The zero-order chi connectivity index (χ0) is 18.2. The van der Waals surface area contributed by atoms with Gasteiger partial charge in [-0.2, -0.15) is 0 Å². The second-order valence-electron chi connectivity index (χ2n) is 5.41. The molecule has 2 rings (SSSR count). The lowest BCUT2D eigenvalue weighted by atomic mass is 9.96. The van der Waals surface area contributed by atoms with E-state index in [1.165, 1.54) is 0 Å². The molecule has 0 saturated heterocycles. The quantitative estimate of drug-likeness (QED) is 0.700. The minimum Gasteiger partial charge on any atom is -0.396 e. The SMILES string of the molecule is O=C(NCC(CCO)c1ccccc1)C(=O)Nc1cc(F)ccc1F. The number of aliphatic hydroxyl groups excluding tert-OH is 1. The van der Waals surface area contributed by atoms with Crippen LogP contribution in [0.2, 0.25) is 0 Å². The normalized spacial score (nSPS) is 11.6. The first kappa shape index (κ1) is 18.5. The summed E-state index contributed by atoms with van der Waals surface area (Å²) < 4.78 is 26.6. The van der Waals surface area contributed by atoms with Gasteiger partial charge in [-0.1, -0.05) is 30.3 Å². The van der Waals surface area contributed by atoms with Crippen LogP contribution in [0, 0.1) is 11.6 Å². The van der Waals surface area contributed by atoms with Crippen LogP contribution in [-0.4, -0.2) is 30.1 Å². The Morgan fingerprint density at radius 3 is 2.44 bits per heavy atom. The predicted molar refractivity (Wildman–Crippen MR) is 88.9 cm³/mol. The van der Waals surface area contributed by atoms with Crippen molar-refractivity contribution in [2.75, 3.05) is 18.5 Å². The number of carbonyl (C=O) groups excluding carboxylic acids is 2. The highest BCUT2D eigenvalue weighted by atomic mass is 19.1. The molecule has 0 aromatic heterocycles. The highest BCUT2D eigenvalue weighted by Gasteiger charge is 2.18. The van der Waals surface area contributed by atoms with Gasteiger partial charge in [0.25, 0.3) is 0 Å². The largest absolute Gasteiger partial charge is 0.396 e. The molecule has 1 atom stereocenters. The monoisotopic (exact) mass is 348 g/mol. The third-order valence-corrected chi connectivity index (χ3v) is 3.64. The summed E-state index contributed by atoms with van der Waals surface area (Å²) in [4.78, 5) is 23.7. The Kier molecular flexibility index (Phi) is 6.59. The Morgan fingerprint density at radius 2 is 1.76 bits per heavy atom. The fourth-order valence-electron chi connectivity index (χ4n) is 2.34. The smallest absolute Gasteiger partial charge is 0.313 e. The molecule has 1 unspecified atom stereocenters. The van der Waals surface area contributed by atoms with Crippen LogP contribution in [0.15, 0.2) is 48.5 Å². The summed E-state index contributed by atoms with van der Waals surface area (Å²) in [5, 5.41) is 13.6. The number of rotatable bonds is 6. The molecule has 0 aliphatic heterocycles. The third-order valence-electron chi connectivity index (χ3n) is 3.64. The summed E-state index contributed by atoms with van der Waals surface area (Å²) in [6, 6.07) is 11.8. The first-order valence-electron chi connectivity index (χ1n) is 7.71. The van der Waals surface area contributed by atoms with Crippen molar-refractivity contribution in [3.05, 3.63) is 65.7 Å². The van der Waals surface area contributed by atoms with E-state index >= 15 is 0 Å². The number of carbonyl (C=O) groups is 2. The first-order chi connectivity index (χ1) is 12.0. The number of nitrogens with one attached hydrogen (secondary N) is 2. The fraction of sp³-hybridized carbons (Fsp3) is 0.222. The van der Waals surface area contributed by atoms with Gasteiger partial charge in [-0.15, -0.1) is 0 Å². The lowest BCUT2D eigenvalue weighted by Gasteiger charge is -2.17. The van der Waals surface area contributed by atoms with E-state index in [4.69, 9.17) is 5.11 Å². The lowest BCUT2D eigenvalue weighted by Crippen LogP contribution is -2.38. The van der Waals surface area contributed by atoms with Gasteiger partial charge in [-0.05, 0) is 24.1 Å². The summed E-state index contributed by atoms with van der Waals surface area (Å²) in [6.07, 6.45) is 0.407. The lowest BCUT2D eigenvalue weighted by molar-refractivity contribution is -0.136. The Morgan fingerprint density at radius 1 is 1.04 bits per heavy atom. The van der Waals surface area contributed by atoms with Gasteiger partial charge >= 0.3 is 11.8 Å². The van der Waals surface area contributed by atoms with E-state index in [0.717, 1.165) is 23.8 Å². The molecule has 0 bridgehead atoms. The van der Waals surface area contributed by atoms with Crippen LogP contribution >= 0.6 is 0 Å². The number of aliphatic hydroxyl groups is 1. The summed E-state index contributed by atoms with van der Waals surface area (Å²) in [5.74, 6) is -3.81. The Hall–Kier alpha value is -2.80. The Bertz CT molecular complexity index is 738. The van der Waals surface area contributed by atoms with Crippen molar-refractivity contribution in [1.29, 1.82) is 0 Å². The standard InChI is InChI=1S/C18H18F2N2O3/c19-14-6-7-15(20)16(10-14)22-18(25)17(24)21-11-13(8-9-23)12-4-2-1-3-5-12/h1-7,10,13,23H,8-9,11H2,(H,21,24)(H,22,25). The molecule has 132 valence electrons. The topological polar surface area (TPSA) is 78.4 Å². The van der Waals surface area contributed by atoms with Crippen molar-refractivity contribution in [3.8, 4) is 0 Å². The molecule has 5 nitrogen and oxygen atoms in total. The molecule has 2 aromatic rings. The zero-order valence-electron chi connectivity index (χ0n) is 13.3. The molecule has 2 amide bonds. The van der Waals surface area contributed by atoms with Crippen LogP contribution in [0.25, 0.3) is 0 Å². The Labute approximate surface area is 143 Å². The van der Waals surface area contributed by atoms with E-state index in [1.54, 1.807) is 0 Å². The third kappa shape index (κ3) is 5.36. The van der Waals surface area contributed by atoms with Gasteiger partial charge < -0.3 is 15.7 Å². The average Bonchev–Trinajstić information content (AvgIpc) is 2.62. The van der Waals surface area contributed by atoms with Crippen LogP contribution in [0.1, 0.15) is 17.9 Å². The number of anilines is 1. The fourth-order valence-corrected chi connectivity index (χ4v) is 2.34. The minimum absolute atomic E-state index is 0.0733. The molecule has 7 heteroatoms. The molecular weight excluding hydrogens is 330 g/mol. The number of halogens is 2. The second-order valence-corrected chi connectivity index (χ2v) is 5.41. The van der Waals surface area contributed by atoms with E-state index < -0.39 is 29.1 Å². The van der Waals surface area contributed by atoms with Crippen molar-refractivity contribution in [2.24, 2.45) is 0 Å². The van der Waals surface area contributed by atoms with Crippen LogP contribution in [0.4, 0.5) is 14.5 Å². The van der Waals surface area contributed by atoms with Gasteiger partial charge in [0.15, 0.2) is 0 Å². The van der Waals surface area contributed by atoms with Gasteiger partial charge in [-0.3, -0.25) is 9.59 Å². The maximum absolute atomic E-state index is 13.5. The zero-order valence-corrected chi connectivity index (χ0v) is 13.3. The first-order valence-corrected chi connectivity index (χ1v) is 7.71. The van der Waals surface area contributed by atoms with Gasteiger partial charge in [0.1, 0.15) is 11.6 Å². The molecule has 2 aromatic carbocycles. The number of benzene rings is 2. The van der Waals surface area contributed by atoms with E-state index in [-0.39, 0.29) is 19.1 Å². The molecule has 0 saturated carbocycles. The van der Waals surface area contributed by atoms with Crippen molar-refractivity contribution >= 4 is 17.5 Å². The molecule has 0 heterocycles. The van der Waals surface area contributed by atoms with Crippen LogP contribution in [-0.2, 0) is 9.59 Å². The van der Waals surface area contributed by atoms with E-state index in [1.807, 2.05) is 35.6 Å². The summed E-state index contributed by atoms with van der Waals surface area (Å²) in [5.41, 5.74) is 0.503. The van der Waals surface area contributed by atoms with Crippen LogP contribution in [0.3, 0.4) is 0 Å². The maximum Gasteiger partial charge on any atom is 0.313 e. The van der Waals surface area contributed by atoms with E-state index in [9.17, 15) is 18.4 Å². The predicted octanol–water partition coefficient (Wildman–Crippen LogP) is 2.19. The van der Waals surface area contributed by atoms with E-state index in [0.29, 0.717) is 6.42 Å². The highest BCUT2D eigenvalue weighted by Crippen LogP contribution is 2.18. The van der Waals surface area contributed by atoms with Crippen LogP contribution in [0.5, 0.6) is 0 Å². The molecule has 0 aliphatic carbocycles. The number of hydrogen-bond donors (Lipinski definition) is 3. The molecule has 0 aliphatic rings. The minimum atomic E-state index is -1.10. The maximum atomic E-state index is 13.5. The molecule has 3 N–H and O–H groups in total. The van der Waals surface area contributed by atoms with Crippen molar-refractivity contribution < 1.29 is 23.5 Å². The average molecular weight is 348 g/mol. The highest BCUT2D eigenvalue weighted by molar-refractivity contribution is 6.39. The summed E-state index contributed by atoms with van der Waals surface area (Å²) in [6.45, 7) is 0.0542. The van der Waals surface area contributed by atoms with Gasteiger partial charge in [0.2, 0.25) is 0 Å². The van der Waals surface area contributed by atoms with Crippen LogP contribution < -0.4 is 10.6 Å². The molecular formula is C18H18F2N2O3. The number of amides is 2. The summed E-state index contributed by atoms with van der Waals surface area (Å²) in [7, 11) is 0. The molecule has 0 radical (unpaired) electrons. The van der Waals surface area contributed by atoms with Gasteiger partial charge in [-0.25, -0.2) is 8.78 Å². The van der Waals surface area contributed by atoms with Crippen molar-refractivity contribution in [2.45, 2.75) is 12.3 Å². The van der Waals surface area contributed by atoms with Crippen molar-refractivity contribution in [3.63, 3.8) is 0 Å². The Balaban J connectivity index is 1.96. The second kappa shape index (κ2) is 8.89. The van der Waals surface area contributed by atoms with E-state index in [2.05, 4.69) is 5.32 Å². The summed E-state index contributed by atoms with van der Waals surface area (Å²) >= 11 is 0. The van der Waals surface area contributed by atoms with Crippen molar-refractivity contribution in [1.82, 2.24) is 5.32 Å². The molecule has 25 heavy (non-hydrogen) atoms. The number of hydrogen-bond acceptors (Lipinski definition) is 3. The molecule has 0 fully saturated rings. The van der Waals surface area contributed by atoms with Gasteiger partial charge in [0, 0.05) is 25.1 Å².